The number of nitrogens with two attached hydrogens (primary N) is 1. The number of aromatic nitrogens is 2. The normalized spacial score (nSPS) is 19.6. The predicted molar refractivity (Wildman–Crippen MR) is 66.4 cm³/mol. The largest absolute Gasteiger partial charge is 0.321 e. The minimum atomic E-state index is -0.110. The maximum atomic E-state index is 6.54. The van der Waals surface area contributed by atoms with Crippen molar-refractivity contribution >= 4 is 0 Å². The van der Waals surface area contributed by atoms with E-state index in [2.05, 4.69) is 37.5 Å². The van der Waals surface area contributed by atoms with Crippen LogP contribution in [0, 0.1) is 13.8 Å². The Morgan fingerprint density at radius 3 is 2.25 bits per heavy atom. The van der Waals surface area contributed by atoms with Gasteiger partial charge in [-0.15, -0.1) is 0 Å². The molecule has 1 heterocycles. The van der Waals surface area contributed by atoms with Crippen LogP contribution >= 0.6 is 0 Å². The van der Waals surface area contributed by atoms with Gasteiger partial charge in [0, 0.05) is 22.8 Å². The van der Waals surface area contributed by atoms with Crippen molar-refractivity contribution in [3.63, 3.8) is 0 Å². The smallest absolute Gasteiger partial charge is 0.0647 e. The van der Waals surface area contributed by atoms with Crippen molar-refractivity contribution in [2.75, 3.05) is 0 Å². The van der Waals surface area contributed by atoms with Crippen LogP contribution in [0.15, 0.2) is 0 Å². The summed E-state index contributed by atoms with van der Waals surface area (Å²) in [5, 5.41) is 4.64. The van der Waals surface area contributed by atoms with Crippen LogP contribution in [0.4, 0.5) is 0 Å². The quantitative estimate of drug-likeness (QED) is 0.834. The topological polar surface area (TPSA) is 43.8 Å². The molecule has 3 heteroatoms. The van der Waals surface area contributed by atoms with E-state index in [0.29, 0.717) is 6.04 Å². The minimum absolute atomic E-state index is 0.110. The molecule has 0 saturated heterocycles. The zero-order valence-corrected chi connectivity index (χ0v) is 10.9. The third-order valence-corrected chi connectivity index (χ3v) is 3.81. The van der Waals surface area contributed by atoms with Gasteiger partial charge in [-0.05, 0) is 40.5 Å². The molecule has 0 amide bonds. The highest BCUT2D eigenvalue weighted by Gasteiger charge is 2.36. The molecule has 0 unspecified atom stereocenters. The van der Waals surface area contributed by atoms with Gasteiger partial charge in [0.2, 0.25) is 0 Å². The molecule has 2 N–H and O–H groups in total. The lowest BCUT2D eigenvalue weighted by molar-refractivity contribution is 0.452. The summed E-state index contributed by atoms with van der Waals surface area (Å²) in [5.41, 5.74) is 10.1. The summed E-state index contributed by atoms with van der Waals surface area (Å²) in [4.78, 5) is 0. The molecule has 1 aliphatic rings. The lowest BCUT2D eigenvalue weighted by Gasteiger charge is -2.24. The van der Waals surface area contributed by atoms with Crippen LogP contribution in [0.2, 0.25) is 0 Å². The van der Waals surface area contributed by atoms with Crippen LogP contribution in [0.1, 0.15) is 62.5 Å². The molecule has 2 rings (SSSR count). The van der Waals surface area contributed by atoms with Crippen LogP contribution in [-0.4, -0.2) is 9.78 Å². The molecule has 1 aromatic rings. The Balaban J connectivity index is 2.48. The fourth-order valence-electron chi connectivity index (χ4n) is 3.14. The Kier molecular flexibility index (Phi) is 2.82. The Morgan fingerprint density at radius 2 is 1.81 bits per heavy atom. The van der Waals surface area contributed by atoms with Crippen LogP contribution in [0.5, 0.6) is 0 Å². The van der Waals surface area contributed by atoms with Gasteiger partial charge >= 0.3 is 0 Å². The van der Waals surface area contributed by atoms with Crippen molar-refractivity contribution < 1.29 is 0 Å². The number of aryl methyl sites for hydroxylation is 1. The van der Waals surface area contributed by atoms with E-state index in [1.807, 2.05) is 0 Å². The summed E-state index contributed by atoms with van der Waals surface area (Å²) in [7, 11) is 0. The van der Waals surface area contributed by atoms with Gasteiger partial charge in [-0.1, -0.05) is 12.8 Å². The van der Waals surface area contributed by atoms with Crippen molar-refractivity contribution in [2.24, 2.45) is 5.73 Å². The van der Waals surface area contributed by atoms with E-state index in [-0.39, 0.29) is 5.54 Å². The maximum absolute atomic E-state index is 6.54. The third-order valence-electron chi connectivity index (χ3n) is 3.81. The van der Waals surface area contributed by atoms with E-state index >= 15 is 0 Å². The Hall–Kier alpha value is -0.830. The van der Waals surface area contributed by atoms with Crippen molar-refractivity contribution in [3.8, 4) is 0 Å². The second-order valence-corrected chi connectivity index (χ2v) is 5.45. The zero-order valence-electron chi connectivity index (χ0n) is 10.9. The summed E-state index contributed by atoms with van der Waals surface area (Å²) in [6.07, 6.45) is 4.72. The van der Waals surface area contributed by atoms with Gasteiger partial charge in [-0.3, -0.25) is 4.68 Å². The third kappa shape index (κ3) is 1.67. The lowest BCUT2D eigenvalue weighted by atomic mass is 9.88. The molecule has 0 aliphatic heterocycles. The molecule has 1 fully saturated rings. The summed E-state index contributed by atoms with van der Waals surface area (Å²) in [6.45, 7) is 8.58. The first-order valence-electron chi connectivity index (χ1n) is 6.31. The van der Waals surface area contributed by atoms with E-state index in [4.69, 9.17) is 5.73 Å². The second kappa shape index (κ2) is 3.88. The Bertz CT molecular complexity index is 384. The van der Waals surface area contributed by atoms with Crippen LogP contribution in [0.25, 0.3) is 0 Å². The van der Waals surface area contributed by atoms with Crippen molar-refractivity contribution in [1.29, 1.82) is 0 Å². The van der Waals surface area contributed by atoms with Gasteiger partial charge in [-0.2, -0.15) is 5.10 Å². The summed E-state index contributed by atoms with van der Waals surface area (Å²) < 4.78 is 2.11. The summed E-state index contributed by atoms with van der Waals surface area (Å²) in [5.74, 6) is 0. The standard InChI is InChI=1S/C13H23N3/c1-9(2)16-11(4)12(10(3)15-16)13(14)7-5-6-8-13/h9H,5-8,14H2,1-4H3. The van der Waals surface area contributed by atoms with Gasteiger partial charge in [0.15, 0.2) is 0 Å². The molecular weight excluding hydrogens is 198 g/mol. The first-order chi connectivity index (χ1) is 7.46. The van der Waals surface area contributed by atoms with Gasteiger partial charge in [0.25, 0.3) is 0 Å². The van der Waals surface area contributed by atoms with Crippen molar-refractivity contribution in [3.05, 3.63) is 17.0 Å². The molecule has 1 aromatic heterocycles. The van der Waals surface area contributed by atoms with E-state index in [0.717, 1.165) is 18.5 Å². The van der Waals surface area contributed by atoms with E-state index in [1.165, 1.54) is 24.1 Å². The van der Waals surface area contributed by atoms with Crippen LogP contribution in [-0.2, 0) is 5.54 Å². The zero-order chi connectivity index (χ0) is 11.9. The first kappa shape index (κ1) is 11.6. The van der Waals surface area contributed by atoms with Crippen molar-refractivity contribution in [2.45, 2.75) is 65.0 Å². The van der Waals surface area contributed by atoms with Gasteiger partial charge in [0.05, 0.1) is 5.69 Å². The number of hydrogen-bond donors (Lipinski definition) is 1. The molecular formula is C13H23N3. The van der Waals surface area contributed by atoms with Crippen molar-refractivity contribution in [1.82, 2.24) is 9.78 Å². The molecule has 0 aromatic carbocycles. The monoisotopic (exact) mass is 221 g/mol. The molecule has 0 atom stereocenters. The fraction of sp³-hybridized carbons (Fsp3) is 0.769. The number of rotatable bonds is 2. The van der Waals surface area contributed by atoms with Gasteiger partial charge < -0.3 is 5.73 Å². The van der Waals surface area contributed by atoms with E-state index in [9.17, 15) is 0 Å². The molecule has 90 valence electrons. The molecule has 16 heavy (non-hydrogen) atoms. The molecule has 1 aliphatic carbocycles. The van der Waals surface area contributed by atoms with E-state index < -0.39 is 0 Å². The SMILES string of the molecule is Cc1nn(C(C)C)c(C)c1C1(N)CCCC1. The maximum Gasteiger partial charge on any atom is 0.0647 e. The molecule has 1 saturated carbocycles. The molecule has 0 radical (unpaired) electrons. The lowest BCUT2D eigenvalue weighted by Crippen LogP contribution is -2.34. The highest BCUT2D eigenvalue weighted by atomic mass is 15.3. The minimum Gasteiger partial charge on any atom is -0.321 e. The van der Waals surface area contributed by atoms with Gasteiger partial charge in [0.1, 0.15) is 0 Å². The molecule has 0 spiro atoms. The van der Waals surface area contributed by atoms with Crippen LogP contribution in [0.3, 0.4) is 0 Å². The van der Waals surface area contributed by atoms with E-state index in [1.54, 1.807) is 0 Å². The second-order valence-electron chi connectivity index (χ2n) is 5.45. The van der Waals surface area contributed by atoms with Gasteiger partial charge in [-0.25, -0.2) is 0 Å². The summed E-state index contributed by atoms with van der Waals surface area (Å²) >= 11 is 0. The van der Waals surface area contributed by atoms with Crippen LogP contribution < -0.4 is 5.73 Å². The highest BCUT2D eigenvalue weighted by Crippen LogP contribution is 2.39. The Labute approximate surface area is 98.0 Å². The molecule has 3 nitrogen and oxygen atoms in total. The first-order valence-corrected chi connectivity index (χ1v) is 6.31. The molecule has 0 bridgehead atoms. The summed E-state index contributed by atoms with van der Waals surface area (Å²) in [6, 6.07) is 0.414. The highest BCUT2D eigenvalue weighted by molar-refractivity contribution is 5.33. The Morgan fingerprint density at radius 1 is 1.25 bits per heavy atom. The number of nitrogens with zero attached hydrogens (tertiary/aromatic N) is 2. The number of hydrogen-bond acceptors (Lipinski definition) is 2. The fourth-order valence-corrected chi connectivity index (χ4v) is 3.14. The average molecular weight is 221 g/mol. The predicted octanol–water partition coefficient (Wildman–Crippen LogP) is 2.81. The average Bonchev–Trinajstić information content (AvgIpc) is 2.72.